The largest absolute Gasteiger partial charge is 0.494 e. The van der Waals surface area contributed by atoms with Crippen molar-refractivity contribution in [3.8, 4) is 17.2 Å². The first-order valence-electron chi connectivity index (χ1n) is 9.61. The van der Waals surface area contributed by atoms with Gasteiger partial charge in [0.2, 0.25) is 0 Å². The third kappa shape index (κ3) is 4.41. The lowest BCUT2D eigenvalue weighted by molar-refractivity contribution is 0.0946. The number of hydrogen-bond acceptors (Lipinski definition) is 4. The Balaban J connectivity index is 1.60. The maximum absolute atomic E-state index is 13.9. The van der Waals surface area contributed by atoms with Gasteiger partial charge in [-0.05, 0) is 48.6 Å². The zero-order chi connectivity index (χ0) is 21.1. The molecule has 1 amide bonds. The Bertz CT molecular complexity index is 1050. The van der Waals surface area contributed by atoms with Crippen LogP contribution in [0.25, 0.3) is 5.69 Å². The number of benzene rings is 2. The first kappa shape index (κ1) is 20.2. The number of carbonyl (C=O) groups is 1. The van der Waals surface area contributed by atoms with Crippen LogP contribution in [0.3, 0.4) is 0 Å². The lowest BCUT2D eigenvalue weighted by Gasteiger charge is -2.17. The molecule has 0 bridgehead atoms. The molecule has 0 unspecified atom stereocenters. The van der Waals surface area contributed by atoms with E-state index in [4.69, 9.17) is 21.1 Å². The fraction of sp³-hybridized carbons (Fsp3) is 0.273. The Morgan fingerprint density at radius 1 is 1.33 bits per heavy atom. The third-order valence-corrected chi connectivity index (χ3v) is 5.24. The van der Waals surface area contributed by atoms with Crippen molar-refractivity contribution in [2.45, 2.75) is 19.4 Å². The van der Waals surface area contributed by atoms with Gasteiger partial charge >= 0.3 is 0 Å². The maximum Gasteiger partial charge on any atom is 0.256 e. The molecule has 1 aliphatic rings. The number of aromatic nitrogens is 2. The second-order valence-corrected chi connectivity index (χ2v) is 7.55. The fourth-order valence-electron chi connectivity index (χ4n) is 3.09. The smallest absolute Gasteiger partial charge is 0.256 e. The summed E-state index contributed by atoms with van der Waals surface area (Å²) < 4.78 is 26.7. The van der Waals surface area contributed by atoms with Crippen molar-refractivity contribution in [1.29, 1.82) is 0 Å². The number of ether oxygens (including phenoxy) is 2. The quantitative estimate of drug-likeness (QED) is 0.576. The molecule has 6 nitrogen and oxygen atoms in total. The molecular formula is C22H21ClFN3O3. The minimum absolute atomic E-state index is 0.132. The first-order valence-corrected chi connectivity index (χ1v) is 9.99. The van der Waals surface area contributed by atoms with Crippen LogP contribution in [-0.4, -0.2) is 29.2 Å². The highest BCUT2D eigenvalue weighted by Crippen LogP contribution is 2.36. The molecule has 1 aliphatic carbocycles. The van der Waals surface area contributed by atoms with E-state index < -0.39 is 11.7 Å². The summed E-state index contributed by atoms with van der Waals surface area (Å²) in [7, 11) is 1.40. The Morgan fingerprint density at radius 2 is 2.17 bits per heavy atom. The maximum atomic E-state index is 13.9. The fourth-order valence-corrected chi connectivity index (χ4v) is 3.32. The first-order chi connectivity index (χ1) is 14.6. The van der Waals surface area contributed by atoms with Gasteiger partial charge in [-0.25, -0.2) is 9.37 Å². The van der Waals surface area contributed by atoms with Gasteiger partial charge in [0.1, 0.15) is 5.56 Å². The number of hydrogen-bond donors (Lipinski definition) is 1. The molecule has 0 spiro atoms. The molecule has 0 atom stereocenters. The monoisotopic (exact) mass is 429 g/mol. The van der Waals surface area contributed by atoms with Crippen LogP contribution in [0, 0.1) is 11.7 Å². The van der Waals surface area contributed by atoms with Crippen molar-refractivity contribution in [3.05, 3.63) is 71.0 Å². The zero-order valence-electron chi connectivity index (χ0n) is 16.4. The van der Waals surface area contributed by atoms with E-state index in [9.17, 15) is 9.18 Å². The standard InChI is InChI=1S/C22H21ClFN3O3/c1-29-19-7-4-15(10-17(19)24)11-26-22(28)20-16(23)5-6-18(27-9-8-25-13-27)21(20)30-12-14-2-3-14/h4-10,13-14H,2-3,11-12H2,1H3,(H,26,28). The highest BCUT2D eigenvalue weighted by molar-refractivity contribution is 6.34. The number of rotatable bonds is 8. The second kappa shape index (κ2) is 8.75. The predicted molar refractivity (Wildman–Crippen MR) is 111 cm³/mol. The van der Waals surface area contributed by atoms with E-state index in [-0.39, 0.29) is 22.9 Å². The molecule has 3 aromatic rings. The lowest BCUT2D eigenvalue weighted by Crippen LogP contribution is -2.24. The van der Waals surface area contributed by atoms with E-state index in [1.54, 1.807) is 41.5 Å². The van der Waals surface area contributed by atoms with E-state index in [2.05, 4.69) is 10.3 Å². The van der Waals surface area contributed by atoms with E-state index in [1.165, 1.54) is 19.2 Å². The van der Waals surface area contributed by atoms with Crippen LogP contribution in [0.5, 0.6) is 11.5 Å². The molecule has 4 rings (SSSR count). The number of nitrogens with zero attached hydrogens (tertiary/aromatic N) is 2. The summed E-state index contributed by atoms with van der Waals surface area (Å²) >= 11 is 6.39. The Labute approximate surface area is 178 Å². The minimum atomic E-state index is -0.488. The zero-order valence-corrected chi connectivity index (χ0v) is 17.2. The van der Waals surface area contributed by atoms with Gasteiger partial charge in [0.05, 0.1) is 30.8 Å². The van der Waals surface area contributed by atoms with Crippen molar-refractivity contribution >= 4 is 17.5 Å². The molecule has 1 fully saturated rings. The van der Waals surface area contributed by atoms with Gasteiger partial charge in [-0.15, -0.1) is 0 Å². The van der Waals surface area contributed by atoms with Crippen molar-refractivity contribution in [2.24, 2.45) is 5.92 Å². The molecule has 8 heteroatoms. The van der Waals surface area contributed by atoms with Crippen molar-refractivity contribution in [1.82, 2.24) is 14.9 Å². The van der Waals surface area contributed by atoms with Crippen molar-refractivity contribution < 1.29 is 18.7 Å². The average Bonchev–Trinajstić information content (AvgIpc) is 3.42. The van der Waals surface area contributed by atoms with Crippen LogP contribution >= 0.6 is 11.6 Å². The Morgan fingerprint density at radius 3 is 2.83 bits per heavy atom. The summed E-state index contributed by atoms with van der Waals surface area (Å²) in [5.74, 6) is 0.169. The Kier molecular flexibility index (Phi) is 5.90. The van der Waals surface area contributed by atoms with Gasteiger partial charge in [-0.3, -0.25) is 4.79 Å². The number of amides is 1. The lowest BCUT2D eigenvalue weighted by atomic mass is 10.1. The number of imidazole rings is 1. The van der Waals surface area contributed by atoms with E-state index in [0.29, 0.717) is 29.5 Å². The molecule has 0 radical (unpaired) electrons. The third-order valence-electron chi connectivity index (χ3n) is 4.93. The molecule has 1 heterocycles. The molecule has 30 heavy (non-hydrogen) atoms. The predicted octanol–water partition coefficient (Wildman–Crippen LogP) is 4.39. The average molecular weight is 430 g/mol. The summed E-state index contributed by atoms with van der Waals surface area (Å²) in [6.45, 7) is 0.652. The summed E-state index contributed by atoms with van der Waals surface area (Å²) in [5, 5.41) is 3.08. The highest BCUT2D eigenvalue weighted by atomic mass is 35.5. The van der Waals surface area contributed by atoms with Crippen LogP contribution in [0.2, 0.25) is 5.02 Å². The molecule has 0 saturated heterocycles. The summed E-state index contributed by atoms with van der Waals surface area (Å²) in [5.41, 5.74) is 1.53. The van der Waals surface area contributed by atoms with E-state index in [0.717, 1.165) is 12.8 Å². The van der Waals surface area contributed by atoms with Gasteiger partial charge < -0.3 is 19.4 Å². The summed E-state index contributed by atoms with van der Waals surface area (Å²) in [6, 6.07) is 7.99. The number of methoxy groups -OCH3 is 1. The number of halogens is 2. The number of nitrogens with one attached hydrogen (secondary N) is 1. The highest BCUT2D eigenvalue weighted by Gasteiger charge is 2.26. The van der Waals surface area contributed by atoms with Crippen molar-refractivity contribution in [3.63, 3.8) is 0 Å². The van der Waals surface area contributed by atoms with Crippen molar-refractivity contribution in [2.75, 3.05) is 13.7 Å². The van der Waals surface area contributed by atoms with Gasteiger partial charge in [-0.1, -0.05) is 17.7 Å². The number of carbonyl (C=O) groups excluding carboxylic acids is 1. The molecule has 0 aliphatic heterocycles. The van der Waals surface area contributed by atoms with E-state index in [1.807, 2.05) is 0 Å². The molecule has 1 N–H and O–H groups in total. The molecule has 1 saturated carbocycles. The van der Waals surface area contributed by atoms with Crippen LogP contribution in [0.4, 0.5) is 4.39 Å². The molecule has 1 aromatic heterocycles. The van der Waals surface area contributed by atoms with Gasteiger partial charge in [0.25, 0.3) is 5.91 Å². The van der Waals surface area contributed by atoms with Gasteiger partial charge in [0, 0.05) is 18.9 Å². The minimum Gasteiger partial charge on any atom is -0.494 e. The van der Waals surface area contributed by atoms with Crippen LogP contribution in [0.15, 0.2) is 49.1 Å². The Hall–Kier alpha value is -3.06. The van der Waals surface area contributed by atoms with Gasteiger partial charge in [0.15, 0.2) is 17.3 Å². The molecular weight excluding hydrogens is 409 g/mol. The normalized spacial score (nSPS) is 13.2. The summed E-state index contributed by atoms with van der Waals surface area (Å²) in [4.78, 5) is 17.1. The molecule has 2 aromatic carbocycles. The topological polar surface area (TPSA) is 65.4 Å². The van der Waals surface area contributed by atoms with Crippen LogP contribution in [0.1, 0.15) is 28.8 Å². The van der Waals surface area contributed by atoms with Crippen LogP contribution in [-0.2, 0) is 6.54 Å². The molecule has 156 valence electrons. The van der Waals surface area contributed by atoms with Gasteiger partial charge in [-0.2, -0.15) is 0 Å². The summed E-state index contributed by atoms with van der Waals surface area (Å²) in [6.07, 6.45) is 7.29. The van der Waals surface area contributed by atoms with E-state index >= 15 is 0 Å². The SMILES string of the molecule is COc1ccc(CNC(=O)c2c(Cl)ccc(-n3ccnc3)c2OCC2CC2)cc1F. The second-order valence-electron chi connectivity index (χ2n) is 7.15. The van der Waals surface area contributed by atoms with Crippen LogP contribution < -0.4 is 14.8 Å².